The van der Waals surface area contributed by atoms with Crippen LogP contribution in [-0.2, 0) is 20.9 Å². The maximum absolute atomic E-state index is 16.5. The SMILES string of the molecule is CN(C)C(=O)c1cc2c(-c3ccc(C4CCN(c5ccc([C@H]6CCC(=O)NC6=O)cc5F)CC4)cc3)cc(C3=CCCN(C(=O)CCn4cccn4)C3)c(F)c2[nH]1. The first-order valence-corrected chi connectivity index (χ1v) is 19.5. The molecule has 0 spiro atoms. The van der Waals surface area contributed by atoms with Crippen LogP contribution in [0.15, 0.2) is 79.1 Å². The van der Waals surface area contributed by atoms with Crippen molar-refractivity contribution in [2.24, 2.45) is 0 Å². The number of carbonyl (C=O) groups excluding carboxylic acids is 4. The van der Waals surface area contributed by atoms with Gasteiger partial charge >= 0.3 is 0 Å². The van der Waals surface area contributed by atoms with Crippen LogP contribution in [0.3, 0.4) is 0 Å². The number of aromatic nitrogens is 3. The number of benzene rings is 3. The minimum Gasteiger partial charge on any atom is -0.369 e. The first-order valence-electron chi connectivity index (χ1n) is 19.5. The van der Waals surface area contributed by atoms with Gasteiger partial charge in [-0.2, -0.15) is 5.10 Å². The molecule has 0 unspecified atom stereocenters. The number of anilines is 1. The number of amides is 4. The molecular formula is C44H45F2N7O4. The highest BCUT2D eigenvalue weighted by Gasteiger charge is 2.30. The number of piperidine rings is 2. The summed E-state index contributed by atoms with van der Waals surface area (Å²) in [5, 5.41) is 7.13. The number of imide groups is 1. The molecule has 3 aromatic carbocycles. The molecule has 57 heavy (non-hydrogen) atoms. The quantitative estimate of drug-likeness (QED) is 0.163. The second-order valence-electron chi connectivity index (χ2n) is 15.4. The van der Waals surface area contributed by atoms with Crippen molar-refractivity contribution < 1.29 is 28.0 Å². The summed E-state index contributed by atoms with van der Waals surface area (Å²) in [6.07, 6.45) is 8.62. The van der Waals surface area contributed by atoms with Crippen LogP contribution in [-0.4, -0.2) is 88.5 Å². The van der Waals surface area contributed by atoms with Crippen LogP contribution in [0.25, 0.3) is 27.6 Å². The van der Waals surface area contributed by atoms with Crippen molar-refractivity contribution in [3.8, 4) is 11.1 Å². The molecule has 2 N–H and O–H groups in total. The summed E-state index contributed by atoms with van der Waals surface area (Å²) in [6.45, 7) is 2.61. The van der Waals surface area contributed by atoms with Crippen molar-refractivity contribution in [2.45, 2.75) is 56.9 Å². The third-order valence-corrected chi connectivity index (χ3v) is 11.6. The summed E-state index contributed by atoms with van der Waals surface area (Å²) in [5.41, 5.74) is 5.51. The molecule has 0 bridgehead atoms. The number of aryl methyl sites for hydroxylation is 1. The van der Waals surface area contributed by atoms with E-state index in [1.54, 1.807) is 48.1 Å². The van der Waals surface area contributed by atoms with Gasteiger partial charge in [0.05, 0.1) is 17.1 Å². The third-order valence-electron chi connectivity index (χ3n) is 11.6. The molecular weight excluding hydrogens is 729 g/mol. The molecule has 3 aliphatic heterocycles. The number of H-pyrrole nitrogens is 1. The zero-order valence-corrected chi connectivity index (χ0v) is 32.1. The lowest BCUT2D eigenvalue weighted by Crippen LogP contribution is -2.39. The number of hydrogen-bond acceptors (Lipinski definition) is 6. The molecule has 5 heterocycles. The van der Waals surface area contributed by atoms with Crippen LogP contribution in [0.2, 0.25) is 0 Å². The van der Waals surface area contributed by atoms with Crippen LogP contribution in [0, 0.1) is 11.6 Å². The molecule has 8 rings (SSSR count). The van der Waals surface area contributed by atoms with Crippen molar-refractivity contribution >= 4 is 45.8 Å². The Balaban J connectivity index is 1.01. The van der Waals surface area contributed by atoms with E-state index in [0.717, 1.165) is 35.1 Å². The number of carbonyl (C=O) groups is 4. The van der Waals surface area contributed by atoms with Crippen LogP contribution in [0.4, 0.5) is 14.5 Å². The van der Waals surface area contributed by atoms with Crippen molar-refractivity contribution in [1.82, 2.24) is 29.9 Å². The fourth-order valence-electron chi connectivity index (χ4n) is 8.44. The van der Waals surface area contributed by atoms with E-state index in [2.05, 4.69) is 27.5 Å². The Bertz CT molecular complexity index is 2380. The van der Waals surface area contributed by atoms with E-state index in [0.29, 0.717) is 61.2 Å². The highest BCUT2D eigenvalue weighted by Crippen LogP contribution is 2.39. The van der Waals surface area contributed by atoms with E-state index in [9.17, 15) is 19.2 Å². The highest BCUT2D eigenvalue weighted by atomic mass is 19.1. The van der Waals surface area contributed by atoms with Gasteiger partial charge in [-0.1, -0.05) is 36.4 Å². The Hall–Kier alpha value is -6.11. The van der Waals surface area contributed by atoms with E-state index in [1.165, 1.54) is 11.0 Å². The van der Waals surface area contributed by atoms with Gasteiger partial charge in [-0.25, -0.2) is 8.78 Å². The average molecular weight is 774 g/mol. The second-order valence-corrected chi connectivity index (χ2v) is 15.4. The van der Waals surface area contributed by atoms with Gasteiger partial charge in [0.15, 0.2) is 5.82 Å². The second kappa shape index (κ2) is 15.8. The molecule has 5 aromatic rings. The molecule has 1 atom stereocenters. The number of rotatable bonds is 9. The van der Waals surface area contributed by atoms with Crippen LogP contribution >= 0.6 is 0 Å². The van der Waals surface area contributed by atoms with Crippen LogP contribution in [0.5, 0.6) is 0 Å². The van der Waals surface area contributed by atoms with Gasteiger partial charge in [-0.15, -0.1) is 0 Å². The van der Waals surface area contributed by atoms with Crippen molar-refractivity contribution in [1.29, 1.82) is 0 Å². The molecule has 0 saturated carbocycles. The van der Waals surface area contributed by atoms with Crippen LogP contribution in [0.1, 0.15) is 77.5 Å². The number of aromatic amines is 1. The molecule has 0 radical (unpaired) electrons. The number of halogens is 2. The maximum atomic E-state index is 16.5. The average Bonchev–Trinajstić information content (AvgIpc) is 3.92. The Morgan fingerprint density at radius 1 is 0.930 bits per heavy atom. The fraction of sp³-hybridized carbons (Fsp3) is 0.341. The number of fused-ring (bicyclic) bond motifs is 1. The summed E-state index contributed by atoms with van der Waals surface area (Å²) >= 11 is 0. The van der Waals surface area contributed by atoms with Crippen molar-refractivity contribution in [3.63, 3.8) is 0 Å². The normalized spacial score (nSPS) is 17.8. The molecule has 294 valence electrons. The highest BCUT2D eigenvalue weighted by molar-refractivity contribution is 6.04. The molecule has 2 saturated heterocycles. The molecule has 3 aliphatic rings. The number of hydrogen-bond donors (Lipinski definition) is 2. The standard InChI is InChI=1S/C44H45F2N7O4/c1-50(2)44(57)37-25-35-33(24-34(41(46)42(35)48-37)31-5-3-18-52(26-31)40(55)16-22-53-19-4-17-47-53)29-8-6-27(7-9-29)28-14-20-51(21-15-28)38-12-10-30(23-36(38)45)32-11-13-39(54)49-43(32)56/h4-10,12,17,19,23-25,28,32,48H,3,11,13-16,18,20-22,26H2,1-2H3,(H,49,54,56)/t32-/m1/s1. The predicted octanol–water partition coefficient (Wildman–Crippen LogP) is 6.62. The van der Waals surface area contributed by atoms with E-state index >= 15 is 8.78 Å². The van der Waals surface area contributed by atoms with Crippen LogP contribution < -0.4 is 10.2 Å². The third kappa shape index (κ3) is 7.70. The summed E-state index contributed by atoms with van der Waals surface area (Å²) in [7, 11) is 3.31. The number of nitrogens with one attached hydrogen (secondary N) is 2. The number of nitrogens with zero attached hydrogens (tertiary/aromatic N) is 5. The Morgan fingerprint density at radius 2 is 1.70 bits per heavy atom. The zero-order chi connectivity index (χ0) is 39.8. The summed E-state index contributed by atoms with van der Waals surface area (Å²) in [5.74, 6) is -2.09. The molecule has 2 fully saturated rings. The van der Waals surface area contributed by atoms with Gasteiger partial charge in [0.2, 0.25) is 17.7 Å². The smallest absolute Gasteiger partial charge is 0.269 e. The van der Waals surface area contributed by atoms with E-state index in [4.69, 9.17) is 0 Å². The zero-order valence-electron chi connectivity index (χ0n) is 32.1. The van der Waals surface area contributed by atoms with E-state index in [-0.39, 0.29) is 66.0 Å². The maximum Gasteiger partial charge on any atom is 0.269 e. The first-order chi connectivity index (χ1) is 27.5. The molecule has 2 aromatic heterocycles. The van der Waals surface area contributed by atoms with E-state index in [1.807, 2.05) is 41.4 Å². The lowest BCUT2D eigenvalue weighted by atomic mass is 9.87. The predicted molar refractivity (Wildman–Crippen MR) is 213 cm³/mol. The largest absolute Gasteiger partial charge is 0.369 e. The summed E-state index contributed by atoms with van der Waals surface area (Å²) in [6, 6.07) is 18.6. The molecule has 0 aliphatic carbocycles. The van der Waals surface area contributed by atoms with Crippen molar-refractivity contribution in [2.75, 3.05) is 45.2 Å². The van der Waals surface area contributed by atoms with Gasteiger partial charge in [0.1, 0.15) is 11.5 Å². The van der Waals surface area contributed by atoms with Gasteiger partial charge in [0.25, 0.3) is 5.91 Å². The monoisotopic (exact) mass is 773 g/mol. The lowest BCUT2D eigenvalue weighted by molar-refractivity contribution is -0.134. The summed E-state index contributed by atoms with van der Waals surface area (Å²) in [4.78, 5) is 58.5. The van der Waals surface area contributed by atoms with Gasteiger partial charge in [0, 0.05) is 83.0 Å². The van der Waals surface area contributed by atoms with Gasteiger partial charge in [-0.3, -0.25) is 29.2 Å². The first kappa shape index (κ1) is 37.8. The van der Waals surface area contributed by atoms with Gasteiger partial charge in [-0.05, 0) is 89.8 Å². The van der Waals surface area contributed by atoms with E-state index < -0.39 is 11.7 Å². The van der Waals surface area contributed by atoms with Gasteiger partial charge < -0.3 is 19.7 Å². The Labute approximate surface area is 329 Å². The lowest BCUT2D eigenvalue weighted by Gasteiger charge is -2.34. The fourth-order valence-corrected chi connectivity index (χ4v) is 8.44. The molecule has 13 heteroatoms. The minimum atomic E-state index is -0.536. The molecule has 4 amide bonds. The summed E-state index contributed by atoms with van der Waals surface area (Å²) < 4.78 is 33.7. The Kier molecular flexibility index (Phi) is 10.5. The Morgan fingerprint density at radius 3 is 2.40 bits per heavy atom. The topological polar surface area (TPSA) is 124 Å². The minimum absolute atomic E-state index is 0.0224. The van der Waals surface area contributed by atoms with Crippen molar-refractivity contribution in [3.05, 3.63) is 113 Å². The molecule has 11 nitrogen and oxygen atoms in total.